The molecular weight excluding hydrogens is 262 g/mol. The van der Waals surface area contributed by atoms with E-state index in [0.29, 0.717) is 6.61 Å². The molecule has 0 radical (unpaired) electrons. The third-order valence-electron chi connectivity index (χ3n) is 3.97. The molecule has 0 aliphatic carbocycles. The van der Waals surface area contributed by atoms with Gasteiger partial charge in [0.15, 0.2) is 0 Å². The number of amides is 1. The molecule has 2 fully saturated rings. The van der Waals surface area contributed by atoms with Gasteiger partial charge in [-0.1, -0.05) is 19.6 Å². The van der Waals surface area contributed by atoms with Crippen LogP contribution in [0.15, 0.2) is 0 Å². The molecule has 2 saturated heterocycles. The summed E-state index contributed by atoms with van der Waals surface area (Å²) in [5, 5.41) is 12.0. The Hall–Kier alpha value is -0.593. The molecule has 2 heterocycles. The molecule has 2 N–H and O–H groups in total. The van der Waals surface area contributed by atoms with Crippen LogP contribution in [0, 0.1) is 5.92 Å². The first kappa shape index (κ1) is 14.8. The number of aliphatic hydroxyl groups is 1. The van der Waals surface area contributed by atoms with Crippen LogP contribution in [0.3, 0.4) is 0 Å². The van der Waals surface area contributed by atoms with Gasteiger partial charge in [0, 0.05) is 20.6 Å². The van der Waals surface area contributed by atoms with Gasteiger partial charge in [-0.05, 0) is 18.9 Å². The molecule has 0 aromatic rings. The number of ether oxygens (including phenoxy) is 2. The number of hydrogen-bond acceptors (Lipinski definition) is 4. The van der Waals surface area contributed by atoms with Crippen LogP contribution < -0.4 is 5.32 Å². The number of nitrogens with one attached hydrogen (secondary N) is 1. The molecule has 0 aromatic heterocycles. The Morgan fingerprint density at radius 2 is 2.11 bits per heavy atom. The molecule has 2 bridgehead atoms. The summed E-state index contributed by atoms with van der Waals surface area (Å²) < 4.78 is 10.9. The summed E-state index contributed by atoms with van der Waals surface area (Å²) in [6.45, 7) is 7.45. The molecule has 4 atom stereocenters. The van der Waals surface area contributed by atoms with Crippen LogP contribution in [0.5, 0.6) is 0 Å². The Morgan fingerprint density at radius 3 is 2.63 bits per heavy atom. The van der Waals surface area contributed by atoms with Crippen LogP contribution in [0.2, 0.25) is 25.7 Å². The van der Waals surface area contributed by atoms with E-state index in [1.165, 1.54) is 0 Å². The maximum absolute atomic E-state index is 11.7. The molecule has 6 heteroatoms. The summed E-state index contributed by atoms with van der Waals surface area (Å²) in [4.78, 5) is 11.7. The zero-order chi connectivity index (χ0) is 14.0. The lowest BCUT2D eigenvalue weighted by atomic mass is 9.87. The van der Waals surface area contributed by atoms with Gasteiger partial charge < -0.3 is 19.9 Å². The average Bonchev–Trinajstić information content (AvgIpc) is 2.85. The van der Waals surface area contributed by atoms with Crippen molar-refractivity contribution >= 4 is 14.2 Å². The monoisotopic (exact) mass is 287 g/mol. The number of hydrogen-bond donors (Lipinski definition) is 2. The maximum atomic E-state index is 11.7. The quantitative estimate of drug-likeness (QED) is 0.754. The molecule has 1 unspecified atom stereocenters. The fourth-order valence-electron chi connectivity index (χ4n) is 2.74. The minimum absolute atomic E-state index is 0.0479. The van der Waals surface area contributed by atoms with E-state index in [2.05, 4.69) is 25.0 Å². The highest BCUT2D eigenvalue weighted by Crippen LogP contribution is 2.38. The second-order valence-electron chi connectivity index (χ2n) is 6.82. The third kappa shape index (κ3) is 3.93. The molecule has 110 valence electrons. The predicted molar refractivity (Wildman–Crippen MR) is 74.9 cm³/mol. The van der Waals surface area contributed by atoms with Crippen molar-refractivity contribution in [3.05, 3.63) is 0 Å². The summed E-state index contributed by atoms with van der Waals surface area (Å²) in [6.07, 6.45) is 1.44. The van der Waals surface area contributed by atoms with Crippen molar-refractivity contribution in [1.82, 2.24) is 5.32 Å². The number of carbonyl (C=O) groups is 1. The maximum Gasteiger partial charge on any atom is 0.407 e. The molecule has 19 heavy (non-hydrogen) atoms. The Bertz CT molecular complexity index is 331. The normalized spacial score (nSPS) is 33.5. The summed E-state index contributed by atoms with van der Waals surface area (Å²) in [7, 11) is -1.15. The van der Waals surface area contributed by atoms with Crippen molar-refractivity contribution in [2.24, 2.45) is 5.92 Å². The minimum atomic E-state index is -1.15. The number of rotatable bonds is 5. The molecule has 2 aliphatic heterocycles. The van der Waals surface area contributed by atoms with E-state index >= 15 is 0 Å². The van der Waals surface area contributed by atoms with Crippen molar-refractivity contribution in [1.29, 1.82) is 0 Å². The van der Waals surface area contributed by atoms with Gasteiger partial charge in [0.25, 0.3) is 0 Å². The van der Waals surface area contributed by atoms with E-state index in [-0.39, 0.29) is 36.9 Å². The number of alkyl carbamates (subject to hydrolysis) is 1. The summed E-state index contributed by atoms with van der Waals surface area (Å²) >= 11 is 0. The highest BCUT2D eigenvalue weighted by Gasteiger charge is 2.47. The van der Waals surface area contributed by atoms with Crippen molar-refractivity contribution in [2.75, 3.05) is 13.2 Å². The number of carbonyl (C=O) groups excluding carboxylic acids is 1. The molecule has 0 aromatic carbocycles. The van der Waals surface area contributed by atoms with E-state index in [4.69, 9.17) is 14.6 Å². The standard InChI is InChI=1S/C13H25NO4Si/c1-19(2,3)5-4-17-13(16)14-10-7-11-9(8-15)6-12(10)18-11/h9-12,15H,4-8H2,1-3H3,(H,14,16)/t9?,10-,11+,12+/m0/s1. The Morgan fingerprint density at radius 1 is 1.37 bits per heavy atom. The topological polar surface area (TPSA) is 67.8 Å². The van der Waals surface area contributed by atoms with Crippen LogP contribution in [-0.4, -0.2) is 50.7 Å². The van der Waals surface area contributed by atoms with E-state index < -0.39 is 8.07 Å². The van der Waals surface area contributed by atoms with Gasteiger partial charge in [-0.25, -0.2) is 4.79 Å². The Balaban J connectivity index is 1.68. The van der Waals surface area contributed by atoms with Gasteiger partial charge in [-0.2, -0.15) is 0 Å². The highest BCUT2D eigenvalue weighted by molar-refractivity contribution is 6.76. The molecule has 2 aliphatic rings. The van der Waals surface area contributed by atoms with Crippen LogP contribution in [0.1, 0.15) is 12.8 Å². The van der Waals surface area contributed by atoms with Gasteiger partial charge in [0.1, 0.15) is 0 Å². The van der Waals surface area contributed by atoms with E-state index in [0.717, 1.165) is 18.9 Å². The molecular formula is C13H25NO4Si. The Kier molecular flexibility index (Phi) is 4.53. The van der Waals surface area contributed by atoms with Gasteiger partial charge in [0.2, 0.25) is 0 Å². The summed E-state index contributed by atoms with van der Waals surface area (Å²) in [5.41, 5.74) is 0. The largest absolute Gasteiger partial charge is 0.450 e. The number of fused-ring (bicyclic) bond motifs is 2. The van der Waals surface area contributed by atoms with Crippen molar-refractivity contribution in [2.45, 2.75) is 56.8 Å². The van der Waals surface area contributed by atoms with Crippen LogP contribution in [0.4, 0.5) is 4.79 Å². The molecule has 1 amide bonds. The van der Waals surface area contributed by atoms with E-state index in [1.807, 2.05) is 0 Å². The zero-order valence-corrected chi connectivity index (χ0v) is 13.0. The SMILES string of the molecule is C[Si](C)(C)CCOC(=O)N[C@H]1C[C@H]2O[C@@H]1CC2CO. The fourth-order valence-corrected chi connectivity index (χ4v) is 3.45. The summed E-state index contributed by atoms with van der Waals surface area (Å²) in [6, 6.07) is 1.03. The third-order valence-corrected chi connectivity index (χ3v) is 5.67. The summed E-state index contributed by atoms with van der Waals surface area (Å²) in [5.74, 6) is 0.242. The van der Waals surface area contributed by atoms with E-state index in [1.54, 1.807) is 0 Å². The fraction of sp³-hybridized carbons (Fsp3) is 0.923. The molecule has 5 nitrogen and oxygen atoms in total. The smallest absolute Gasteiger partial charge is 0.407 e. The lowest BCUT2D eigenvalue weighted by Crippen LogP contribution is -2.43. The van der Waals surface area contributed by atoms with Crippen molar-refractivity contribution in [3.63, 3.8) is 0 Å². The molecule has 0 saturated carbocycles. The van der Waals surface area contributed by atoms with Crippen molar-refractivity contribution in [3.8, 4) is 0 Å². The Labute approximate surface area is 115 Å². The molecule has 2 rings (SSSR count). The number of aliphatic hydroxyl groups excluding tert-OH is 1. The molecule has 0 spiro atoms. The predicted octanol–water partition coefficient (Wildman–Crippen LogP) is 1.59. The van der Waals surface area contributed by atoms with Gasteiger partial charge >= 0.3 is 6.09 Å². The second-order valence-corrected chi connectivity index (χ2v) is 12.4. The van der Waals surface area contributed by atoms with Gasteiger partial charge in [0.05, 0.1) is 24.9 Å². The minimum Gasteiger partial charge on any atom is -0.450 e. The highest BCUT2D eigenvalue weighted by atomic mass is 28.3. The second kappa shape index (κ2) is 5.81. The van der Waals surface area contributed by atoms with E-state index in [9.17, 15) is 4.79 Å². The van der Waals surface area contributed by atoms with Crippen LogP contribution in [-0.2, 0) is 9.47 Å². The first-order chi connectivity index (χ1) is 8.89. The average molecular weight is 287 g/mol. The van der Waals surface area contributed by atoms with Crippen LogP contribution >= 0.6 is 0 Å². The van der Waals surface area contributed by atoms with Crippen LogP contribution in [0.25, 0.3) is 0 Å². The first-order valence-electron chi connectivity index (χ1n) is 7.08. The lowest BCUT2D eigenvalue weighted by molar-refractivity contribution is 0.0760. The first-order valence-corrected chi connectivity index (χ1v) is 10.8. The zero-order valence-electron chi connectivity index (χ0n) is 12.0. The van der Waals surface area contributed by atoms with Gasteiger partial charge in [-0.3, -0.25) is 0 Å². The van der Waals surface area contributed by atoms with Crippen molar-refractivity contribution < 1.29 is 19.4 Å². The lowest BCUT2D eigenvalue weighted by Gasteiger charge is -2.24. The van der Waals surface area contributed by atoms with Gasteiger partial charge in [-0.15, -0.1) is 0 Å².